The highest BCUT2D eigenvalue weighted by Crippen LogP contribution is 2.39. The van der Waals surface area contributed by atoms with Crippen molar-refractivity contribution in [3.05, 3.63) is 17.7 Å². The maximum atomic E-state index is 11.3. The topological polar surface area (TPSA) is 68.8 Å². The molecule has 0 saturated heterocycles. The number of hydrogen-bond acceptors (Lipinski definition) is 5. The van der Waals surface area contributed by atoms with E-state index in [4.69, 9.17) is 14.2 Å². The molecule has 0 fully saturated rings. The fraction of sp³-hybridized carbons (Fsp3) is 0.533. The summed E-state index contributed by atoms with van der Waals surface area (Å²) in [6.07, 6.45) is 0.448. The summed E-state index contributed by atoms with van der Waals surface area (Å²) in [6.45, 7) is 3.74. The van der Waals surface area contributed by atoms with Gasteiger partial charge in [-0.2, -0.15) is 0 Å². The SMILES string of the molecule is CCNC(=O)CCNCc1ccc(OC)c(OC)c1OC. The molecule has 1 aromatic carbocycles. The van der Waals surface area contributed by atoms with Gasteiger partial charge in [0, 0.05) is 31.6 Å². The number of ether oxygens (including phenoxy) is 3. The fourth-order valence-corrected chi connectivity index (χ4v) is 2.01. The molecule has 118 valence electrons. The predicted octanol–water partition coefficient (Wildman–Crippen LogP) is 1.33. The Hall–Kier alpha value is -1.95. The van der Waals surface area contributed by atoms with Crippen LogP contribution in [0.2, 0.25) is 0 Å². The van der Waals surface area contributed by atoms with Crippen molar-refractivity contribution in [3.8, 4) is 17.2 Å². The van der Waals surface area contributed by atoms with Gasteiger partial charge in [0.2, 0.25) is 11.7 Å². The lowest BCUT2D eigenvalue weighted by atomic mass is 10.1. The summed E-state index contributed by atoms with van der Waals surface area (Å²) < 4.78 is 16.0. The number of amides is 1. The van der Waals surface area contributed by atoms with Crippen LogP contribution in [0.25, 0.3) is 0 Å². The summed E-state index contributed by atoms with van der Waals surface area (Å²) in [6, 6.07) is 3.75. The number of hydrogen-bond donors (Lipinski definition) is 2. The molecule has 2 N–H and O–H groups in total. The van der Waals surface area contributed by atoms with Gasteiger partial charge >= 0.3 is 0 Å². The Morgan fingerprint density at radius 1 is 1.10 bits per heavy atom. The number of methoxy groups -OCH3 is 3. The first-order valence-corrected chi connectivity index (χ1v) is 6.93. The average molecular weight is 296 g/mol. The second-order valence-corrected chi connectivity index (χ2v) is 4.37. The van der Waals surface area contributed by atoms with Crippen molar-refractivity contribution in [2.75, 3.05) is 34.4 Å². The van der Waals surface area contributed by atoms with Gasteiger partial charge in [0.25, 0.3) is 0 Å². The van der Waals surface area contributed by atoms with E-state index in [1.54, 1.807) is 21.3 Å². The van der Waals surface area contributed by atoms with Gasteiger partial charge in [0.1, 0.15) is 0 Å². The van der Waals surface area contributed by atoms with Crippen LogP contribution in [-0.2, 0) is 11.3 Å². The van der Waals surface area contributed by atoms with Gasteiger partial charge < -0.3 is 24.8 Å². The molecule has 0 aliphatic heterocycles. The second-order valence-electron chi connectivity index (χ2n) is 4.37. The molecule has 1 amide bonds. The van der Waals surface area contributed by atoms with Gasteiger partial charge in [-0.25, -0.2) is 0 Å². The summed E-state index contributed by atoms with van der Waals surface area (Å²) in [5.41, 5.74) is 0.950. The number of benzene rings is 1. The van der Waals surface area contributed by atoms with Gasteiger partial charge in [-0.1, -0.05) is 6.07 Å². The summed E-state index contributed by atoms with van der Waals surface area (Å²) >= 11 is 0. The molecule has 0 aliphatic carbocycles. The highest BCUT2D eigenvalue weighted by atomic mass is 16.5. The Morgan fingerprint density at radius 2 is 1.81 bits per heavy atom. The van der Waals surface area contributed by atoms with Crippen molar-refractivity contribution in [2.45, 2.75) is 19.9 Å². The average Bonchev–Trinajstić information content (AvgIpc) is 2.50. The molecule has 0 spiro atoms. The van der Waals surface area contributed by atoms with Gasteiger partial charge in [0.05, 0.1) is 21.3 Å². The van der Waals surface area contributed by atoms with Crippen LogP contribution in [0.4, 0.5) is 0 Å². The van der Waals surface area contributed by atoms with E-state index in [0.717, 1.165) is 5.56 Å². The van der Waals surface area contributed by atoms with E-state index >= 15 is 0 Å². The third-order valence-electron chi connectivity index (χ3n) is 3.00. The van der Waals surface area contributed by atoms with E-state index in [1.807, 2.05) is 19.1 Å². The van der Waals surface area contributed by atoms with Crippen molar-refractivity contribution in [1.82, 2.24) is 10.6 Å². The molecule has 1 aromatic rings. The van der Waals surface area contributed by atoms with Gasteiger partial charge in [-0.15, -0.1) is 0 Å². The molecule has 6 nitrogen and oxygen atoms in total. The molecular formula is C15H24N2O4. The Kier molecular flexibility index (Phi) is 7.39. The van der Waals surface area contributed by atoms with Crippen LogP contribution >= 0.6 is 0 Å². The highest BCUT2D eigenvalue weighted by Gasteiger charge is 2.15. The maximum absolute atomic E-state index is 11.3. The van der Waals surface area contributed by atoms with Crippen molar-refractivity contribution >= 4 is 5.91 Å². The van der Waals surface area contributed by atoms with Crippen LogP contribution in [0.3, 0.4) is 0 Å². The molecule has 0 aliphatic rings. The quantitative estimate of drug-likeness (QED) is 0.673. The van der Waals surface area contributed by atoms with Crippen LogP contribution in [0, 0.1) is 0 Å². The van der Waals surface area contributed by atoms with Crippen molar-refractivity contribution in [3.63, 3.8) is 0 Å². The van der Waals surface area contributed by atoms with Crippen molar-refractivity contribution in [2.24, 2.45) is 0 Å². The standard InChI is InChI=1S/C15H24N2O4/c1-5-17-13(18)8-9-16-10-11-6-7-12(19-2)15(21-4)14(11)20-3/h6-7,16H,5,8-10H2,1-4H3,(H,17,18). The maximum Gasteiger partial charge on any atom is 0.221 e. The van der Waals surface area contributed by atoms with E-state index in [0.29, 0.717) is 43.3 Å². The van der Waals surface area contributed by atoms with Gasteiger partial charge in [-0.3, -0.25) is 4.79 Å². The molecular weight excluding hydrogens is 272 g/mol. The Morgan fingerprint density at radius 3 is 2.38 bits per heavy atom. The van der Waals surface area contributed by atoms with E-state index in [-0.39, 0.29) is 5.91 Å². The third kappa shape index (κ3) is 4.82. The summed E-state index contributed by atoms with van der Waals surface area (Å²) in [4.78, 5) is 11.3. The molecule has 1 rings (SSSR count). The Balaban J connectivity index is 2.65. The van der Waals surface area contributed by atoms with Crippen LogP contribution in [0.15, 0.2) is 12.1 Å². The minimum Gasteiger partial charge on any atom is -0.493 e. The predicted molar refractivity (Wildman–Crippen MR) is 81.1 cm³/mol. The lowest BCUT2D eigenvalue weighted by Gasteiger charge is -2.16. The largest absolute Gasteiger partial charge is 0.493 e. The minimum atomic E-state index is 0.0456. The number of nitrogens with one attached hydrogen (secondary N) is 2. The van der Waals surface area contributed by atoms with E-state index in [2.05, 4.69) is 10.6 Å². The number of rotatable bonds is 9. The number of carbonyl (C=O) groups is 1. The van der Waals surface area contributed by atoms with Crippen molar-refractivity contribution in [1.29, 1.82) is 0 Å². The van der Waals surface area contributed by atoms with Gasteiger partial charge in [-0.05, 0) is 13.0 Å². The molecule has 0 radical (unpaired) electrons. The molecule has 21 heavy (non-hydrogen) atoms. The first kappa shape index (κ1) is 17.1. The molecule has 0 saturated carbocycles. The van der Waals surface area contributed by atoms with Crippen molar-refractivity contribution < 1.29 is 19.0 Å². The first-order valence-electron chi connectivity index (χ1n) is 6.93. The first-order chi connectivity index (χ1) is 10.2. The zero-order valence-corrected chi connectivity index (χ0v) is 13.1. The second kappa shape index (κ2) is 9.07. The third-order valence-corrected chi connectivity index (χ3v) is 3.00. The smallest absolute Gasteiger partial charge is 0.221 e. The van der Waals surface area contributed by atoms with Crippen LogP contribution in [0.1, 0.15) is 18.9 Å². The van der Waals surface area contributed by atoms with Crippen LogP contribution in [-0.4, -0.2) is 40.3 Å². The molecule has 6 heteroatoms. The van der Waals surface area contributed by atoms with Gasteiger partial charge in [0.15, 0.2) is 11.5 Å². The lowest BCUT2D eigenvalue weighted by molar-refractivity contribution is -0.120. The summed E-state index contributed by atoms with van der Waals surface area (Å²) in [5, 5.41) is 5.98. The summed E-state index contributed by atoms with van der Waals surface area (Å²) in [7, 11) is 4.75. The number of carbonyl (C=O) groups excluding carboxylic acids is 1. The molecule has 0 heterocycles. The van der Waals surface area contributed by atoms with E-state index < -0.39 is 0 Å². The van der Waals surface area contributed by atoms with Crippen LogP contribution in [0.5, 0.6) is 17.2 Å². The van der Waals surface area contributed by atoms with Crippen LogP contribution < -0.4 is 24.8 Å². The lowest BCUT2D eigenvalue weighted by Crippen LogP contribution is -2.27. The highest BCUT2D eigenvalue weighted by molar-refractivity contribution is 5.75. The zero-order chi connectivity index (χ0) is 15.7. The monoisotopic (exact) mass is 296 g/mol. The van der Waals surface area contributed by atoms with E-state index in [9.17, 15) is 4.79 Å². The molecule has 0 aromatic heterocycles. The minimum absolute atomic E-state index is 0.0456. The summed E-state index contributed by atoms with van der Waals surface area (Å²) in [5.74, 6) is 1.88. The molecule has 0 unspecified atom stereocenters. The molecule has 0 bridgehead atoms. The normalized spacial score (nSPS) is 10.1. The fourth-order valence-electron chi connectivity index (χ4n) is 2.01. The molecule has 0 atom stereocenters. The Labute approximate surface area is 125 Å². The zero-order valence-electron chi connectivity index (χ0n) is 13.1. The van der Waals surface area contributed by atoms with E-state index in [1.165, 1.54) is 0 Å². The Bertz CT molecular complexity index is 463.